The number of rotatable bonds is 4. The number of amides is 2. The molecule has 2 aromatic heterocycles. The highest BCUT2D eigenvalue weighted by atomic mass is 35.5. The number of hydrogen-bond donors (Lipinski definition) is 2. The Balaban J connectivity index is 1.11. The first-order chi connectivity index (χ1) is 20.6. The predicted molar refractivity (Wildman–Crippen MR) is 151 cm³/mol. The molecule has 2 aliphatic heterocycles. The SMILES string of the molecule is C[C@@]1(C(F)(F)F)CN(c2ccc([C@H]3C(F)(F)[C@]3(C)C(=O)NC3CCC4(CCNC4=O)CC3)cc2)c2cnc3cc(Cl)nn3c21. The van der Waals surface area contributed by atoms with Gasteiger partial charge in [-0.25, -0.2) is 18.3 Å². The van der Waals surface area contributed by atoms with Crippen LogP contribution in [0.2, 0.25) is 5.15 Å². The minimum atomic E-state index is -4.64. The topological polar surface area (TPSA) is 91.6 Å². The fourth-order valence-corrected chi connectivity index (χ4v) is 7.76. The van der Waals surface area contributed by atoms with Crippen LogP contribution in [0.25, 0.3) is 5.65 Å². The third-order valence-corrected chi connectivity index (χ3v) is 10.7. The maximum Gasteiger partial charge on any atom is 0.401 e. The lowest BCUT2D eigenvalue weighted by atomic mass is 9.71. The molecule has 4 aliphatic rings. The van der Waals surface area contributed by atoms with Gasteiger partial charge in [0.15, 0.2) is 10.8 Å². The predicted octanol–water partition coefficient (Wildman–Crippen LogP) is 5.66. The molecule has 44 heavy (non-hydrogen) atoms. The Morgan fingerprint density at radius 3 is 2.41 bits per heavy atom. The van der Waals surface area contributed by atoms with Crippen molar-refractivity contribution in [3.05, 3.63) is 52.9 Å². The van der Waals surface area contributed by atoms with Crippen LogP contribution in [-0.4, -0.2) is 57.6 Å². The van der Waals surface area contributed by atoms with Crippen LogP contribution in [0.3, 0.4) is 0 Å². The number of carbonyl (C=O) groups is 2. The van der Waals surface area contributed by atoms with E-state index in [0.29, 0.717) is 37.9 Å². The van der Waals surface area contributed by atoms with Gasteiger partial charge in [-0.1, -0.05) is 23.7 Å². The monoisotopic (exact) mass is 636 g/mol. The van der Waals surface area contributed by atoms with Crippen LogP contribution in [0.4, 0.5) is 33.3 Å². The summed E-state index contributed by atoms with van der Waals surface area (Å²) in [4.78, 5) is 31.2. The Hall–Kier alpha value is -3.48. The summed E-state index contributed by atoms with van der Waals surface area (Å²) in [6.07, 6.45) is -0.280. The molecule has 2 amide bonds. The zero-order chi connectivity index (χ0) is 31.4. The van der Waals surface area contributed by atoms with Crippen molar-refractivity contribution in [1.29, 1.82) is 0 Å². The first-order valence-electron chi connectivity index (χ1n) is 14.6. The van der Waals surface area contributed by atoms with E-state index in [0.717, 1.165) is 17.9 Å². The lowest BCUT2D eigenvalue weighted by molar-refractivity contribution is -0.181. The van der Waals surface area contributed by atoms with E-state index in [2.05, 4.69) is 20.7 Å². The molecule has 2 N–H and O–H groups in total. The van der Waals surface area contributed by atoms with Crippen LogP contribution in [0, 0.1) is 10.8 Å². The summed E-state index contributed by atoms with van der Waals surface area (Å²) in [7, 11) is 0. The van der Waals surface area contributed by atoms with Crippen molar-refractivity contribution >= 4 is 40.4 Å². The molecule has 234 valence electrons. The summed E-state index contributed by atoms with van der Waals surface area (Å²) in [6.45, 7) is 2.48. The molecule has 4 heterocycles. The van der Waals surface area contributed by atoms with Crippen LogP contribution in [0.1, 0.15) is 63.1 Å². The first kappa shape index (κ1) is 29.2. The van der Waals surface area contributed by atoms with Gasteiger partial charge in [-0.2, -0.15) is 18.3 Å². The van der Waals surface area contributed by atoms with Crippen molar-refractivity contribution in [1.82, 2.24) is 25.2 Å². The molecule has 8 nitrogen and oxygen atoms in total. The van der Waals surface area contributed by atoms with Crippen molar-refractivity contribution in [3.8, 4) is 0 Å². The average molecular weight is 637 g/mol. The smallest absolute Gasteiger partial charge is 0.356 e. The Labute approximate surface area is 254 Å². The molecule has 3 atom stereocenters. The molecular weight excluding hydrogens is 607 g/mol. The minimum Gasteiger partial charge on any atom is -0.356 e. The Kier molecular flexibility index (Phi) is 6.16. The maximum atomic E-state index is 15.3. The van der Waals surface area contributed by atoms with Crippen molar-refractivity contribution in [2.75, 3.05) is 18.0 Å². The van der Waals surface area contributed by atoms with Crippen molar-refractivity contribution in [2.45, 2.75) is 75.4 Å². The standard InChI is InChI=1S/C30H30ClF5N6O2/c1-26(30(34,35)36)15-41(19-14-38-21-13-20(31)40-42(21)23(19)26)18-5-3-16(4-6-18)22-27(2,29(22,32)33)24(43)39-17-7-9-28(10-8-17)11-12-37-25(28)44/h3-6,13-14,17,22H,7-12,15H2,1-2H3,(H,37,44)(H,39,43)/t17?,22-,26-,27+,28?/m1/s1. The van der Waals surface area contributed by atoms with Crippen molar-refractivity contribution < 1.29 is 31.5 Å². The fraction of sp³-hybridized carbons (Fsp3) is 0.533. The normalized spacial score (nSPS) is 30.5. The highest BCUT2D eigenvalue weighted by molar-refractivity contribution is 6.29. The molecule has 1 spiro atoms. The molecule has 2 aliphatic carbocycles. The number of aromatic nitrogens is 3. The van der Waals surface area contributed by atoms with Gasteiger partial charge < -0.3 is 15.5 Å². The number of nitrogens with one attached hydrogen (secondary N) is 2. The lowest BCUT2D eigenvalue weighted by Crippen LogP contribution is -2.46. The molecule has 2 saturated carbocycles. The number of nitrogens with zero attached hydrogens (tertiary/aromatic N) is 4. The quantitative estimate of drug-likeness (QED) is 0.361. The van der Waals surface area contributed by atoms with E-state index in [1.165, 1.54) is 48.4 Å². The van der Waals surface area contributed by atoms with Crippen LogP contribution >= 0.6 is 11.6 Å². The van der Waals surface area contributed by atoms with Gasteiger partial charge in [0.05, 0.1) is 28.9 Å². The summed E-state index contributed by atoms with van der Waals surface area (Å²) in [6, 6.07) is 6.94. The molecule has 3 aromatic rings. The van der Waals surface area contributed by atoms with Crippen molar-refractivity contribution in [3.63, 3.8) is 0 Å². The zero-order valence-corrected chi connectivity index (χ0v) is 24.7. The second-order valence-corrected chi connectivity index (χ2v) is 13.4. The molecule has 0 bridgehead atoms. The van der Waals surface area contributed by atoms with Gasteiger partial charge in [-0.3, -0.25) is 9.59 Å². The molecular formula is C30H30ClF5N6O2. The highest BCUT2D eigenvalue weighted by Crippen LogP contribution is 2.71. The third-order valence-electron chi connectivity index (χ3n) is 10.6. The summed E-state index contributed by atoms with van der Waals surface area (Å²) >= 11 is 5.98. The van der Waals surface area contributed by atoms with E-state index < -0.39 is 46.7 Å². The number of anilines is 2. The highest BCUT2D eigenvalue weighted by Gasteiger charge is 2.82. The van der Waals surface area contributed by atoms with Crippen LogP contribution in [-0.2, 0) is 15.0 Å². The van der Waals surface area contributed by atoms with Gasteiger partial charge in [0.1, 0.15) is 10.8 Å². The first-order valence-corrected chi connectivity index (χ1v) is 15.0. The van der Waals surface area contributed by atoms with Crippen molar-refractivity contribution in [2.24, 2.45) is 10.8 Å². The maximum absolute atomic E-state index is 15.3. The zero-order valence-electron chi connectivity index (χ0n) is 23.9. The third kappa shape index (κ3) is 3.93. The molecule has 14 heteroatoms. The number of alkyl halides is 5. The van der Waals surface area contributed by atoms with E-state index in [-0.39, 0.29) is 39.7 Å². The summed E-state index contributed by atoms with van der Waals surface area (Å²) in [5.41, 5.74) is -3.92. The van der Waals surface area contributed by atoms with E-state index in [1.54, 1.807) is 0 Å². The summed E-state index contributed by atoms with van der Waals surface area (Å²) in [5, 5.41) is 9.71. The lowest BCUT2D eigenvalue weighted by Gasteiger charge is -2.35. The van der Waals surface area contributed by atoms with Gasteiger partial charge in [0, 0.05) is 30.9 Å². The fourth-order valence-electron chi connectivity index (χ4n) is 7.59. The van der Waals surface area contributed by atoms with E-state index >= 15 is 8.78 Å². The van der Waals surface area contributed by atoms with Gasteiger partial charge in [-0.05, 0) is 63.6 Å². The van der Waals surface area contributed by atoms with E-state index in [1.807, 2.05) is 0 Å². The van der Waals surface area contributed by atoms with Crippen LogP contribution < -0.4 is 15.5 Å². The van der Waals surface area contributed by atoms with Gasteiger partial charge in [0.2, 0.25) is 11.8 Å². The Morgan fingerprint density at radius 2 is 1.80 bits per heavy atom. The molecule has 7 rings (SSSR count). The van der Waals surface area contributed by atoms with Crippen LogP contribution in [0.5, 0.6) is 0 Å². The second kappa shape index (κ2) is 9.27. The molecule has 1 aromatic carbocycles. The largest absolute Gasteiger partial charge is 0.401 e. The number of benzene rings is 1. The van der Waals surface area contributed by atoms with Gasteiger partial charge >= 0.3 is 6.18 Å². The number of carbonyl (C=O) groups excluding carboxylic acids is 2. The Bertz CT molecular complexity index is 1690. The summed E-state index contributed by atoms with van der Waals surface area (Å²) < 4.78 is 75.2. The summed E-state index contributed by atoms with van der Waals surface area (Å²) in [5.74, 6) is -5.42. The van der Waals surface area contributed by atoms with E-state index in [4.69, 9.17) is 11.6 Å². The molecule has 0 radical (unpaired) electrons. The Morgan fingerprint density at radius 1 is 1.11 bits per heavy atom. The van der Waals surface area contributed by atoms with Gasteiger partial charge in [0.25, 0.3) is 5.92 Å². The number of halogens is 6. The van der Waals surface area contributed by atoms with Crippen LogP contribution in [0.15, 0.2) is 36.5 Å². The molecule has 3 fully saturated rings. The van der Waals surface area contributed by atoms with E-state index in [9.17, 15) is 22.8 Å². The second-order valence-electron chi connectivity index (χ2n) is 13.0. The minimum absolute atomic E-state index is 0.00398. The average Bonchev–Trinajstić information content (AvgIpc) is 3.39. The number of hydrogen-bond acceptors (Lipinski definition) is 5. The number of fused-ring (bicyclic) bond motifs is 3. The molecule has 0 unspecified atom stereocenters. The van der Waals surface area contributed by atoms with Gasteiger partial charge in [-0.15, -0.1) is 0 Å². The molecule has 1 saturated heterocycles.